The maximum Gasteiger partial charge on any atom is 0.123 e. The lowest BCUT2D eigenvalue weighted by atomic mass is 9.93. The van der Waals surface area contributed by atoms with Crippen molar-refractivity contribution in [3.05, 3.63) is 28.8 Å². The van der Waals surface area contributed by atoms with E-state index in [9.17, 15) is 0 Å². The SMILES string of the molecule is COc1cccc(Cl)c1C1CNC1. The number of ether oxygens (including phenoxy) is 1. The largest absolute Gasteiger partial charge is 0.496 e. The fraction of sp³-hybridized carbons (Fsp3) is 0.400. The summed E-state index contributed by atoms with van der Waals surface area (Å²) in [7, 11) is 1.68. The summed E-state index contributed by atoms with van der Waals surface area (Å²) in [4.78, 5) is 0. The molecule has 0 amide bonds. The van der Waals surface area contributed by atoms with E-state index in [0.29, 0.717) is 5.92 Å². The quantitative estimate of drug-likeness (QED) is 0.784. The van der Waals surface area contributed by atoms with Crippen molar-refractivity contribution in [1.82, 2.24) is 5.32 Å². The first-order valence-electron chi connectivity index (χ1n) is 4.36. The molecule has 0 aromatic heterocycles. The van der Waals surface area contributed by atoms with Gasteiger partial charge in [-0.2, -0.15) is 0 Å². The summed E-state index contributed by atoms with van der Waals surface area (Å²) in [5.41, 5.74) is 1.14. The third-order valence-electron chi connectivity index (χ3n) is 2.42. The molecule has 3 heteroatoms. The van der Waals surface area contributed by atoms with Crippen molar-refractivity contribution in [2.75, 3.05) is 20.2 Å². The molecule has 0 saturated carbocycles. The lowest BCUT2D eigenvalue weighted by molar-refractivity contribution is 0.385. The molecular formula is C10H12ClNO. The minimum atomic E-state index is 0.517. The van der Waals surface area contributed by atoms with Crippen LogP contribution in [-0.4, -0.2) is 20.2 Å². The zero-order valence-corrected chi connectivity index (χ0v) is 8.27. The summed E-state index contributed by atoms with van der Waals surface area (Å²) in [5, 5.41) is 4.04. The highest BCUT2D eigenvalue weighted by Gasteiger charge is 2.24. The molecule has 1 aliphatic heterocycles. The number of nitrogens with one attached hydrogen (secondary N) is 1. The second-order valence-corrected chi connectivity index (χ2v) is 3.62. The first-order chi connectivity index (χ1) is 6.33. The van der Waals surface area contributed by atoms with Gasteiger partial charge < -0.3 is 10.1 Å². The van der Waals surface area contributed by atoms with Crippen LogP contribution in [-0.2, 0) is 0 Å². The number of benzene rings is 1. The predicted octanol–water partition coefficient (Wildman–Crippen LogP) is 2.04. The van der Waals surface area contributed by atoms with E-state index < -0.39 is 0 Å². The molecule has 2 rings (SSSR count). The van der Waals surface area contributed by atoms with Gasteiger partial charge in [0.2, 0.25) is 0 Å². The zero-order chi connectivity index (χ0) is 9.26. The Morgan fingerprint density at radius 3 is 2.77 bits per heavy atom. The predicted molar refractivity (Wildman–Crippen MR) is 53.6 cm³/mol. The van der Waals surface area contributed by atoms with Crippen molar-refractivity contribution in [3.8, 4) is 5.75 Å². The van der Waals surface area contributed by atoms with Gasteiger partial charge in [-0.05, 0) is 12.1 Å². The van der Waals surface area contributed by atoms with Gasteiger partial charge in [0.25, 0.3) is 0 Å². The molecular weight excluding hydrogens is 186 g/mol. The maximum absolute atomic E-state index is 6.11. The molecule has 0 atom stereocenters. The average molecular weight is 198 g/mol. The average Bonchev–Trinajstić information content (AvgIpc) is 2.05. The van der Waals surface area contributed by atoms with Crippen LogP contribution in [0.15, 0.2) is 18.2 Å². The Bertz CT molecular complexity index is 310. The van der Waals surface area contributed by atoms with Crippen LogP contribution < -0.4 is 10.1 Å². The third kappa shape index (κ3) is 1.52. The summed E-state index contributed by atoms with van der Waals surface area (Å²) in [6, 6.07) is 5.79. The van der Waals surface area contributed by atoms with E-state index in [1.807, 2.05) is 18.2 Å². The fourth-order valence-corrected chi connectivity index (χ4v) is 1.90. The van der Waals surface area contributed by atoms with Crippen LogP contribution in [0.1, 0.15) is 11.5 Å². The van der Waals surface area contributed by atoms with Crippen LogP contribution in [0.25, 0.3) is 0 Å². The lowest BCUT2D eigenvalue weighted by Gasteiger charge is -2.29. The summed E-state index contributed by atoms with van der Waals surface area (Å²) in [6.45, 7) is 2.00. The van der Waals surface area contributed by atoms with Crippen LogP contribution in [0.5, 0.6) is 5.75 Å². The summed E-state index contributed by atoms with van der Waals surface area (Å²) < 4.78 is 5.27. The van der Waals surface area contributed by atoms with E-state index in [1.54, 1.807) is 7.11 Å². The van der Waals surface area contributed by atoms with Gasteiger partial charge in [0, 0.05) is 29.6 Å². The highest BCUT2D eigenvalue weighted by Crippen LogP contribution is 2.34. The molecule has 1 N–H and O–H groups in total. The first-order valence-corrected chi connectivity index (χ1v) is 4.74. The smallest absolute Gasteiger partial charge is 0.123 e. The minimum Gasteiger partial charge on any atom is -0.496 e. The summed E-state index contributed by atoms with van der Waals surface area (Å²) in [6.07, 6.45) is 0. The Morgan fingerprint density at radius 2 is 2.23 bits per heavy atom. The standard InChI is InChI=1S/C10H12ClNO/c1-13-9-4-2-3-8(11)10(9)7-5-12-6-7/h2-4,7,12H,5-6H2,1H3. The van der Waals surface area contributed by atoms with Gasteiger partial charge in [0.15, 0.2) is 0 Å². The molecule has 0 radical (unpaired) electrons. The van der Waals surface area contributed by atoms with E-state index >= 15 is 0 Å². The molecule has 13 heavy (non-hydrogen) atoms. The van der Waals surface area contributed by atoms with E-state index in [1.165, 1.54) is 0 Å². The van der Waals surface area contributed by atoms with E-state index in [-0.39, 0.29) is 0 Å². The van der Waals surface area contributed by atoms with Crippen molar-refractivity contribution in [1.29, 1.82) is 0 Å². The van der Waals surface area contributed by atoms with Gasteiger partial charge in [0.1, 0.15) is 5.75 Å². The Balaban J connectivity index is 2.39. The van der Waals surface area contributed by atoms with Crippen LogP contribution in [0, 0.1) is 0 Å². The van der Waals surface area contributed by atoms with Crippen LogP contribution >= 0.6 is 11.6 Å². The van der Waals surface area contributed by atoms with Gasteiger partial charge in [-0.25, -0.2) is 0 Å². The van der Waals surface area contributed by atoms with Crippen molar-refractivity contribution < 1.29 is 4.74 Å². The van der Waals surface area contributed by atoms with Crippen molar-refractivity contribution in [3.63, 3.8) is 0 Å². The molecule has 1 aromatic carbocycles. The highest BCUT2D eigenvalue weighted by atomic mass is 35.5. The minimum absolute atomic E-state index is 0.517. The molecule has 70 valence electrons. The van der Waals surface area contributed by atoms with Crippen molar-refractivity contribution in [2.24, 2.45) is 0 Å². The van der Waals surface area contributed by atoms with Gasteiger partial charge in [-0.3, -0.25) is 0 Å². The Morgan fingerprint density at radius 1 is 1.46 bits per heavy atom. The number of rotatable bonds is 2. The van der Waals surface area contributed by atoms with E-state index in [4.69, 9.17) is 16.3 Å². The number of methoxy groups -OCH3 is 1. The monoisotopic (exact) mass is 197 g/mol. The van der Waals surface area contributed by atoms with Crippen LogP contribution in [0.4, 0.5) is 0 Å². The van der Waals surface area contributed by atoms with Gasteiger partial charge in [0.05, 0.1) is 7.11 Å². The number of hydrogen-bond donors (Lipinski definition) is 1. The molecule has 1 heterocycles. The molecule has 2 nitrogen and oxygen atoms in total. The molecule has 1 aliphatic rings. The second kappa shape index (κ2) is 3.56. The lowest BCUT2D eigenvalue weighted by Crippen LogP contribution is -2.40. The molecule has 1 fully saturated rings. The fourth-order valence-electron chi connectivity index (χ4n) is 1.58. The Kier molecular flexibility index (Phi) is 2.42. The number of halogens is 1. The topological polar surface area (TPSA) is 21.3 Å². The summed E-state index contributed by atoms with van der Waals surface area (Å²) in [5.74, 6) is 1.42. The molecule has 1 saturated heterocycles. The van der Waals surface area contributed by atoms with E-state index in [2.05, 4.69) is 5.32 Å². The van der Waals surface area contributed by atoms with Gasteiger partial charge in [-0.1, -0.05) is 17.7 Å². The first kappa shape index (κ1) is 8.85. The molecule has 0 aliphatic carbocycles. The van der Waals surface area contributed by atoms with Gasteiger partial charge in [-0.15, -0.1) is 0 Å². The zero-order valence-electron chi connectivity index (χ0n) is 7.51. The molecule has 0 unspecified atom stereocenters. The van der Waals surface area contributed by atoms with Crippen LogP contribution in [0.3, 0.4) is 0 Å². The van der Waals surface area contributed by atoms with Gasteiger partial charge >= 0.3 is 0 Å². The molecule has 0 bridgehead atoms. The van der Waals surface area contributed by atoms with Crippen molar-refractivity contribution in [2.45, 2.75) is 5.92 Å². The Hall–Kier alpha value is -0.730. The number of hydrogen-bond acceptors (Lipinski definition) is 2. The second-order valence-electron chi connectivity index (χ2n) is 3.21. The van der Waals surface area contributed by atoms with Crippen LogP contribution in [0.2, 0.25) is 5.02 Å². The normalized spacial score (nSPS) is 16.8. The van der Waals surface area contributed by atoms with E-state index in [0.717, 1.165) is 29.4 Å². The summed E-state index contributed by atoms with van der Waals surface area (Å²) >= 11 is 6.11. The maximum atomic E-state index is 6.11. The highest BCUT2D eigenvalue weighted by molar-refractivity contribution is 6.31. The van der Waals surface area contributed by atoms with Crippen molar-refractivity contribution >= 4 is 11.6 Å². The Labute approximate surface area is 82.9 Å². The molecule has 1 aromatic rings. The molecule has 0 spiro atoms. The third-order valence-corrected chi connectivity index (χ3v) is 2.75.